The zero-order valence-corrected chi connectivity index (χ0v) is 22.2. The molecule has 3 aliphatic heterocycles. The van der Waals surface area contributed by atoms with Crippen LogP contribution in [0.2, 0.25) is 5.02 Å². The molecule has 2 fully saturated rings. The maximum Gasteiger partial charge on any atom is 0.416 e. The van der Waals surface area contributed by atoms with Gasteiger partial charge >= 0.3 is 6.18 Å². The summed E-state index contributed by atoms with van der Waals surface area (Å²) in [4.78, 5) is 41.4. The number of hydrazine groups is 1. The number of likely N-dealkylation sites (tertiary alicyclic amines) is 1. The van der Waals surface area contributed by atoms with E-state index >= 15 is 0 Å². The summed E-state index contributed by atoms with van der Waals surface area (Å²) < 4.78 is 40.8. The molecule has 38 heavy (non-hydrogen) atoms. The average Bonchev–Trinajstić information content (AvgIpc) is 3.30. The standard InChI is InChI=1S/C26H24ClF3N4O3S/c1-31-8-7-22(35)21(14-31)34-24(36)23(38-25(34)37)10-15-3-6-20-17(9-15)12-32(2)33(20)13-16-4-5-18(27)11-19(16)26(28,29)30/h3-6,9-11,21H,7-8,12-14H2,1-2H3/b23-10-. The Morgan fingerprint density at radius 2 is 1.87 bits per heavy atom. The third-order valence-electron chi connectivity index (χ3n) is 6.92. The Hall–Kier alpha value is -2.86. The molecule has 3 heterocycles. The maximum absolute atomic E-state index is 13.6. The number of benzene rings is 2. The number of fused-ring (bicyclic) bond motifs is 1. The molecule has 2 aromatic carbocycles. The molecule has 0 radical (unpaired) electrons. The van der Waals surface area contributed by atoms with Gasteiger partial charge in [-0.3, -0.25) is 19.3 Å². The zero-order valence-electron chi connectivity index (χ0n) is 20.6. The van der Waals surface area contributed by atoms with Crippen molar-refractivity contribution in [2.45, 2.75) is 31.7 Å². The lowest BCUT2D eigenvalue weighted by molar-refractivity contribution is -0.138. The Balaban J connectivity index is 1.38. The monoisotopic (exact) mass is 564 g/mol. The zero-order chi connectivity index (χ0) is 27.4. The summed E-state index contributed by atoms with van der Waals surface area (Å²) in [5.74, 6) is -0.614. The number of Topliss-reactive ketones (excluding diaryl/α,β-unsaturated/α-hetero) is 1. The molecule has 0 N–H and O–H groups in total. The number of nitrogens with zero attached hydrogens (tertiary/aromatic N) is 4. The summed E-state index contributed by atoms with van der Waals surface area (Å²) in [7, 11) is 3.63. The summed E-state index contributed by atoms with van der Waals surface area (Å²) in [5, 5.41) is 3.13. The van der Waals surface area contributed by atoms with Crippen molar-refractivity contribution >= 4 is 52.1 Å². The quantitative estimate of drug-likeness (QED) is 0.482. The topological polar surface area (TPSA) is 64.2 Å². The Morgan fingerprint density at radius 1 is 1.11 bits per heavy atom. The fraction of sp³-hybridized carbons (Fsp3) is 0.346. The molecule has 1 unspecified atom stereocenters. The van der Waals surface area contributed by atoms with Crippen molar-refractivity contribution < 1.29 is 27.6 Å². The molecule has 7 nitrogen and oxygen atoms in total. The van der Waals surface area contributed by atoms with Gasteiger partial charge in [0.25, 0.3) is 11.1 Å². The van der Waals surface area contributed by atoms with Crippen molar-refractivity contribution in [1.82, 2.24) is 14.8 Å². The lowest BCUT2D eigenvalue weighted by Gasteiger charge is -2.32. The number of ketones is 1. The van der Waals surface area contributed by atoms with E-state index in [1.54, 1.807) is 30.3 Å². The van der Waals surface area contributed by atoms with Crippen molar-refractivity contribution in [2.75, 3.05) is 32.2 Å². The van der Waals surface area contributed by atoms with E-state index < -0.39 is 28.9 Å². The number of hydrogen-bond donors (Lipinski definition) is 0. The van der Waals surface area contributed by atoms with Gasteiger partial charge in [0.05, 0.1) is 22.7 Å². The van der Waals surface area contributed by atoms with Crippen LogP contribution in [0.5, 0.6) is 0 Å². The van der Waals surface area contributed by atoms with Crippen molar-refractivity contribution in [3.63, 3.8) is 0 Å². The van der Waals surface area contributed by atoms with E-state index in [-0.39, 0.29) is 34.2 Å². The number of piperidine rings is 1. The van der Waals surface area contributed by atoms with Crippen molar-refractivity contribution in [3.05, 3.63) is 68.6 Å². The van der Waals surface area contributed by atoms with Crippen LogP contribution in [0.4, 0.5) is 23.7 Å². The minimum Gasteiger partial charge on any atom is -0.303 e. The predicted octanol–water partition coefficient (Wildman–Crippen LogP) is 5.04. The van der Waals surface area contributed by atoms with E-state index in [1.165, 1.54) is 12.1 Å². The average molecular weight is 565 g/mol. The van der Waals surface area contributed by atoms with Crippen LogP contribution < -0.4 is 5.01 Å². The van der Waals surface area contributed by atoms with E-state index in [9.17, 15) is 27.6 Å². The highest BCUT2D eigenvalue weighted by Crippen LogP contribution is 2.39. The van der Waals surface area contributed by atoms with Crippen LogP contribution in [0.3, 0.4) is 0 Å². The van der Waals surface area contributed by atoms with Gasteiger partial charge in [-0.15, -0.1) is 0 Å². The van der Waals surface area contributed by atoms with Crippen LogP contribution in [0.1, 0.15) is 28.7 Å². The molecule has 5 rings (SSSR count). The largest absolute Gasteiger partial charge is 0.416 e. The van der Waals surface area contributed by atoms with E-state index in [4.69, 9.17) is 11.6 Å². The van der Waals surface area contributed by atoms with Gasteiger partial charge in [0.2, 0.25) is 0 Å². The van der Waals surface area contributed by atoms with Gasteiger partial charge in [0.1, 0.15) is 6.04 Å². The molecule has 2 aromatic rings. The summed E-state index contributed by atoms with van der Waals surface area (Å²) in [6.45, 7) is 1.36. The number of halogens is 4. The van der Waals surface area contributed by atoms with E-state index in [2.05, 4.69) is 0 Å². The first-order valence-corrected chi connectivity index (χ1v) is 13.1. The number of anilines is 1. The van der Waals surface area contributed by atoms with Crippen molar-refractivity contribution in [2.24, 2.45) is 0 Å². The number of likely N-dealkylation sites (N-methyl/N-ethyl adjacent to an activating group) is 1. The van der Waals surface area contributed by atoms with Crippen LogP contribution in [-0.2, 0) is 28.9 Å². The minimum absolute atomic E-state index is 0.00237. The fourth-order valence-electron chi connectivity index (χ4n) is 4.99. The number of amides is 2. The molecule has 200 valence electrons. The highest BCUT2D eigenvalue weighted by Gasteiger charge is 2.44. The molecule has 0 aliphatic carbocycles. The second-order valence-electron chi connectivity index (χ2n) is 9.61. The molecule has 2 amide bonds. The first-order valence-electron chi connectivity index (χ1n) is 11.9. The van der Waals surface area contributed by atoms with Crippen LogP contribution >= 0.6 is 23.4 Å². The number of alkyl halides is 3. The molecule has 3 aliphatic rings. The Kier molecular flexibility index (Phi) is 7.06. The highest BCUT2D eigenvalue weighted by molar-refractivity contribution is 8.18. The number of thioether (sulfide) groups is 1. The first-order chi connectivity index (χ1) is 17.9. The second-order valence-corrected chi connectivity index (χ2v) is 11.0. The number of carbonyl (C=O) groups is 3. The molecule has 1 atom stereocenters. The third kappa shape index (κ3) is 5.07. The smallest absolute Gasteiger partial charge is 0.303 e. The summed E-state index contributed by atoms with van der Waals surface area (Å²) in [6.07, 6.45) is -2.63. The summed E-state index contributed by atoms with van der Waals surface area (Å²) >= 11 is 6.63. The van der Waals surface area contributed by atoms with Gasteiger partial charge in [0, 0.05) is 38.1 Å². The molecule has 0 spiro atoms. The van der Waals surface area contributed by atoms with Crippen LogP contribution in [0.15, 0.2) is 41.3 Å². The second kappa shape index (κ2) is 10.0. The number of hydrogen-bond acceptors (Lipinski definition) is 7. The van der Waals surface area contributed by atoms with Gasteiger partial charge in [0.15, 0.2) is 5.78 Å². The number of rotatable bonds is 4. The molecule has 2 saturated heterocycles. The number of imide groups is 1. The predicted molar refractivity (Wildman–Crippen MR) is 139 cm³/mol. The lowest BCUT2D eigenvalue weighted by Crippen LogP contribution is -2.53. The van der Waals surface area contributed by atoms with E-state index in [1.807, 2.05) is 23.0 Å². The van der Waals surface area contributed by atoms with Crippen molar-refractivity contribution in [1.29, 1.82) is 0 Å². The van der Waals surface area contributed by atoms with Crippen LogP contribution in [0.25, 0.3) is 6.08 Å². The molecule has 12 heteroatoms. The van der Waals surface area contributed by atoms with Crippen LogP contribution in [-0.4, -0.2) is 65.0 Å². The summed E-state index contributed by atoms with van der Waals surface area (Å²) in [6, 6.07) is 8.37. The Morgan fingerprint density at radius 3 is 2.61 bits per heavy atom. The van der Waals surface area contributed by atoms with Gasteiger partial charge < -0.3 is 9.91 Å². The van der Waals surface area contributed by atoms with Crippen molar-refractivity contribution in [3.8, 4) is 0 Å². The molecule has 0 aromatic heterocycles. The van der Waals surface area contributed by atoms with Gasteiger partial charge in [-0.25, -0.2) is 5.01 Å². The van der Waals surface area contributed by atoms with E-state index in [0.717, 1.165) is 34.0 Å². The van der Waals surface area contributed by atoms with Gasteiger partial charge in [-0.2, -0.15) is 13.2 Å². The minimum atomic E-state index is -4.54. The van der Waals surface area contributed by atoms with Crippen LogP contribution in [0, 0.1) is 0 Å². The van der Waals surface area contributed by atoms with Gasteiger partial charge in [-0.05, 0) is 65.8 Å². The maximum atomic E-state index is 13.6. The summed E-state index contributed by atoms with van der Waals surface area (Å²) in [5.41, 5.74) is 1.62. The normalized spacial score (nSPS) is 22.2. The number of carbonyl (C=O) groups excluding carboxylic acids is 3. The Labute approximate surface area is 226 Å². The lowest BCUT2D eigenvalue weighted by atomic mass is 10.0. The third-order valence-corrected chi connectivity index (χ3v) is 8.04. The molecular weight excluding hydrogens is 541 g/mol. The Bertz CT molecular complexity index is 1370. The van der Waals surface area contributed by atoms with Gasteiger partial charge in [-0.1, -0.05) is 23.7 Å². The molecule has 0 bridgehead atoms. The highest BCUT2D eigenvalue weighted by atomic mass is 35.5. The molecular formula is C26H24ClF3N4O3S. The molecule has 0 saturated carbocycles. The fourth-order valence-corrected chi connectivity index (χ4v) is 6.04. The van der Waals surface area contributed by atoms with E-state index in [0.29, 0.717) is 25.2 Å². The first kappa shape index (κ1) is 26.7. The SMILES string of the molecule is CN1CCC(=O)C(N2C(=O)S/C(=C\c3ccc4c(c3)CN(C)N4Cc3ccc(Cl)cc3C(F)(F)F)C2=O)C1.